The van der Waals surface area contributed by atoms with Gasteiger partial charge in [0.2, 0.25) is 11.7 Å². The largest absolute Gasteiger partial charge is 0.340 e. The number of nitrogens with zero attached hydrogens (tertiary/aromatic N) is 4. The maximum Gasteiger partial charge on any atom is 0.246 e. The predicted molar refractivity (Wildman–Crippen MR) is 96.9 cm³/mol. The van der Waals surface area contributed by atoms with Crippen molar-refractivity contribution in [2.24, 2.45) is 4.99 Å². The number of aromatic nitrogens is 2. The molecule has 7 heteroatoms. The normalized spacial score (nSPS) is 12.0. The van der Waals surface area contributed by atoms with Crippen LogP contribution < -0.4 is 0 Å². The summed E-state index contributed by atoms with van der Waals surface area (Å²) in [5, 5.41) is 5.68. The van der Waals surface area contributed by atoms with Gasteiger partial charge in [-0.25, -0.2) is 0 Å². The number of amidine groups is 1. The van der Waals surface area contributed by atoms with Crippen molar-refractivity contribution in [3.05, 3.63) is 35.2 Å². The van der Waals surface area contributed by atoms with E-state index in [1.165, 1.54) is 0 Å². The number of benzene rings is 1. The first kappa shape index (κ1) is 17.8. The molecule has 1 aromatic carbocycles. The zero-order chi connectivity index (χ0) is 16.8. The van der Waals surface area contributed by atoms with Crippen molar-refractivity contribution >= 4 is 28.5 Å². The maximum atomic E-state index is 6.01. The summed E-state index contributed by atoms with van der Waals surface area (Å²) in [5.41, 5.74) is 0.843. The molecule has 0 amide bonds. The molecular weight excluding hydrogens is 332 g/mol. The molecule has 2 rings (SSSR count). The summed E-state index contributed by atoms with van der Waals surface area (Å²) in [6, 6.07) is 7.70. The Morgan fingerprint density at radius 1 is 1.43 bits per heavy atom. The lowest BCUT2D eigenvalue weighted by Gasteiger charge is -2.27. The minimum atomic E-state index is 0.286. The van der Waals surface area contributed by atoms with Crippen molar-refractivity contribution < 1.29 is 4.52 Å². The van der Waals surface area contributed by atoms with Gasteiger partial charge in [-0.15, -0.1) is 0 Å². The molecule has 0 aliphatic heterocycles. The number of aliphatic imine (C=N–C) groups is 1. The summed E-state index contributed by atoms with van der Waals surface area (Å²) in [4.78, 5) is 11.0. The summed E-state index contributed by atoms with van der Waals surface area (Å²) < 4.78 is 5.40. The second-order valence-corrected chi connectivity index (χ2v) is 6.85. The summed E-state index contributed by atoms with van der Waals surface area (Å²) >= 11 is 7.72. The van der Waals surface area contributed by atoms with Crippen LogP contribution in [0.5, 0.6) is 0 Å². The van der Waals surface area contributed by atoms with Gasteiger partial charge in [-0.05, 0) is 31.7 Å². The molecule has 0 aliphatic carbocycles. The molecule has 124 valence electrons. The fraction of sp³-hybridized carbons (Fsp3) is 0.438. The zero-order valence-corrected chi connectivity index (χ0v) is 15.4. The van der Waals surface area contributed by atoms with Crippen LogP contribution in [0.4, 0.5) is 0 Å². The van der Waals surface area contributed by atoms with E-state index in [4.69, 9.17) is 16.1 Å². The van der Waals surface area contributed by atoms with E-state index >= 15 is 0 Å². The maximum absolute atomic E-state index is 6.01. The number of thioether (sulfide) groups is 1. The Bertz CT molecular complexity index is 672. The Morgan fingerprint density at radius 2 is 2.22 bits per heavy atom. The van der Waals surface area contributed by atoms with Crippen LogP contribution in [0.1, 0.15) is 26.7 Å². The molecular formula is C16H21ClN4OS. The summed E-state index contributed by atoms with van der Waals surface area (Å²) in [6.45, 7) is 6.88. The summed E-state index contributed by atoms with van der Waals surface area (Å²) in [5.74, 6) is 2.07. The van der Waals surface area contributed by atoms with E-state index < -0.39 is 0 Å². The Balaban J connectivity index is 2.19. The van der Waals surface area contributed by atoms with E-state index in [9.17, 15) is 0 Å². The van der Waals surface area contributed by atoms with Crippen LogP contribution in [0.25, 0.3) is 11.4 Å². The van der Waals surface area contributed by atoms with Crippen LogP contribution in [-0.4, -0.2) is 39.1 Å². The molecule has 0 N–H and O–H groups in total. The van der Waals surface area contributed by atoms with Gasteiger partial charge in [0.05, 0.1) is 6.54 Å². The van der Waals surface area contributed by atoms with Crippen molar-refractivity contribution in [3.63, 3.8) is 0 Å². The topological polar surface area (TPSA) is 54.5 Å². The van der Waals surface area contributed by atoms with Gasteiger partial charge >= 0.3 is 0 Å². The molecule has 0 spiro atoms. The van der Waals surface area contributed by atoms with Crippen molar-refractivity contribution in [3.8, 4) is 11.4 Å². The third-order valence-electron chi connectivity index (χ3n) is 3.19. The lowest BCUT2D eigenvalue weighted by atomic mass is 10.2. The van der Waals surface area contributed by atoms with Gasteiger partial charge in [-0.3, -0.25) is 4.99 Å². The number of halogens is 1. The van der Waals surface area contributed by atoms with Crippen molar-refractivity contribution in [1.82, 2.24) is 15.0 Å². The standard InChI is InChI=1S/C16H21ClN4OS/c1-5-23-16(18-4)21(11(2)3)10-14-19-15(20-22-14)12-7-6-8-13(17)9-12/h6-9,11H,5,10H2,1-4H3/b18-16+. The Hall–Kier alpha value is -1.53. The lowest BCUT2D eigenvalue weighted by Crippen LogP contribution is -2.35. The molecule has 0 bridgehead atoms. The summed E-state index contributed by atoms with van der Waals surface area (Å²) in [6.07, 6.45) is 0. The van der Waals surface area contributed by atoms with Crippen LogP contribution >= 0.6 is 23.4 Å². The minimum absolute atomic E-state index is 0.286. The highest BCUT2D eigenvalue weighted by Crippen LogP contribution is 2.21. The average molecular weight is 353 g/mol. The van der Waals surface area contributed by atoms with Crippen LogP contribution in [0.15, 0.2) is 33.8 Å². The predicted octanol–water partition coefficient (Wildman–Crippen LogP) is 4.34. The zero-order valence-electron chi connectivity index (χ0n) is 13.8. The van der Waals surface area contributed by atoms with Crippen LogP contribution in [-0.2, 0) is 6.54 Å². The molecule has 0 radical (unpaired) electrons. The Labute approximate surface area is 146 Å². The smallest absolute Gasteiger partial charge is 0.246 e. The highest BCUT2D eigenvalue weighted by molar-refractivity contribution is 8.13. The second kappa shape index (κ2) is 8.36. The van der Waals surface area contributed by atoms with Crippen LogP contribution in [0, 0.1) is 0 Å². The molecule has 0 fully saturated rings. The molecule has 2 aromatic rings. The molecule has 0 saturated carbocycles. The van der Waals surface area contributed by atoms with Crippen molar-refractivity contribution in [2.45, 2.75) is 33.4 Å². The first-order valence-corrected chi connectivity index (χ1v) is 8.86. The van der Waals surface area contributed by atoms with E-state index in [1.54, 1.807) is 18.8 Å². The molecule has 1 aromatic heterocycles. The van der Waals surface area contributed by atoms with Gasteiger partial charge in [-0.1, -0.05) is 47.6 Å². The quantitative estimate of drug-likeness (QED) is 0.591. The van der Waals surface area contributed by atoms with Gasteiger partial charge in [0.1, 0.15) is 0 Å². The first-order valence-electron chi connectivity index (χ1n) is 7.49. The Kier molecular flexibility index (Phi) is 6.47. The third-order valence-corrected chi connectivity index (χ3v) is 4.39. The average Bonchev–Trinajstić information content (AvgIpc) is 2.99. The molecule has 5 nitrogen and oxygen atoms in total. The number of hydrogen-bond donors (Lipinski definition) is 0. The Morgan fingerprint density at radius 3 is 2.83 bits per heavy atom. The fourth-order valence-corrected chi connectivity index (χ4v) is 3.10. The summed E-state index contributed by atoms with van der Waals surface area (Å²) in [7, 11) is 1.80. The van der Waals surface area contributed by atoms with Crippen LogP contribution in [0.3, 0.4) is 0 Å². The van der Waals surface area contributed by atoms with Gasteiger partial charge in [0.15, 0.2) is 5.17 Å². The molecule has 23 heavy (non-hydrogen) atoms. The van der Waals surface area contributed by atoms with Gasteiger partial charge < -0.3 is 9.42 Å². The van der Waals surface area contributed by atoms with E-state index in [-0.39, 0.29) is 6.04 Å². The highest BCUT2D eigenvalue weighted by Gasteiger charge is 2.19. The van der Waals surface area contributed by atoms with E-state index in [0.717, 1.165) is 16.5 Å². The SMILES string of the molecule is CCS/C(=N/C)N(Cc1nc(-c2cccc(Cl)c2)no1)C(C)C. The minimum Gasteiger partial charge on any atom is -0.340 e. The van der Waals surface area contributed by atoms with Gasteiger partial charge in [0, 0.05) is 23.7 Å². The highest BCUT2D eigenvalue weighted by atomic mass is 35.5. The van der Waals surface area contributed by atoms with Crippen molar-refractivity contribution in [1.29, 1.82) is 0 Å². The van der Waals surface area contributed by atoms with Crippen molar-refractivity contribution in [2.75, 3.05) is 12.8 Å². The van der Waals surface area contributed by atoms with Gasteiger partial charge in [-0.2, -0.15) is 4.98 Å². The third kappa shape index (κ3) is 4.72. The fourth-order valence-electron chi connectivity index (χ4n) is 2.09. The van der Waals surface area contributed by atoms with E-state index in [1.807, 2.05) is 24.3 Å². The monoisotopic (exact) mass is 352 g/mol. The van der Waals surface area contributed by atoms with Gasteiger partial charge in [0.25, 0.3) is 0 Å². The molecule has 0 unspecified atom stereocenters. The molecule has 1 heterocycles. The first-order chi connectivity index (χ1) is 11.0. The molecule has 0 saturated heterocycles. The lowest BCUT2D eigenvalue weighted by molar-refractivity contribution is 0.283. The molecule has 0 aliphatic rings. The number of hydrogen-bond acceptors (Lipinski definition) is 5. The van der Waals surface area contributed by atoms with Crippen LogP contribution in [0.2, 0.25) is 5.02 Å². The van der Waals surface area contributed by atoms with E-state index in [0.29, 0.717) is 23.3 Å². The number of rotatable bonds is 5. The second-order valence-electron chi connectivity index (χ2n) is 5.18. The molecule has 0 atom stereocenters. The van der Waals surface area contributed by atoms with E-state index in [2.05, 4.69) is 40.8 Å².